The molecule has 0 aliphatic heterocycles. The highest BCUT2D eigenvalue weighted by atomic mass is 35.5. The summed E-state index contributed by atoms with van der Waals surface area (Å²) >= 11 is 11.4. The average Bonchev–Trinajstić information content (AvgIpc) is 1.95. The molecule has 0 atom stereocenters. The Balaban J connectivity index is 3.09. The van der Waals surface area contributed by atoms with Crippen LogP contribution in [-0.4, -0.2) is 6.21 Å². The van der Waals surface area contributed by atoms with Crippen LogP contribution < -0.4 is 5.84 Å². The van der Waals surface area contributed by atoms with Crippen LogP contribution in [0.1, 0.15) is 5.56 Å². The minimum Gasteiger partial charge on any atom is -0.323 e. The Hall–Kier alpha value is -0.730. The average molecular weight is 189 g/mol. The van der Waals surface area contributed by atoms with E-state index >= 15 is 0 Å². The second-order valence-electron chi connectivity index (χ2n) is 1.94. The molecule has 0 saturated heterocycles. The van der Waals surface area contributed by atoms with E-state index < -0.39 is 0 Å². The summed E-state index contributed by atoms with van der Waals surface area (Å²) in [5.74, 6) is 4.95. The lowest BCUT2D eigenvalue weighted by Gasteiger charge is -1.96. The third-order valence-electron chi connectivity index (χ3n) is 1.18. The maximum absolute atomic E-state index is 5.78. The summed E-state index contributed by atoms with van der Waals surface area (Å²) < 4.78 is 0. The highest BCUT2D eigenvalue weighted by Crippen LogP contribution is 2.19. The lowest BCUT2D eigenvalue weighted by atomic mass is 10.2. The van der Waals surface area contributed by atoms with Gasteiger partial charge < -0.3 is 5.84 Å². The number of benzene rings is 1. The summed E-state index contributed by atoms with van der Waals surface area (Å²) in [5, 5.41) is 4.49. The van der Waals surface area contributed by atoms with Gasteiger partial charge in [0, 0.05) is 10.6 Å². The van der Waals surface area contributed by atoms with Crippen molar-refractivity contribution in [1.82, 2.24) is 0 Å². The Morgan fingerprint density at radius 3 is 2.64 bits per heavy atom. The summed E-state index contributed by atoms with van der Waals surface area (Å²) in [6.07, 6.45) is 1.47. The summed E-state index contributed by atoms with van der Waals surface area (Å²) in [5.41, 5.74) is 0.763. The van der Waals surface area contributed by atoms with Crippen LogP contribution in [0.25, 0.3) is 0 Å². The van der Waals surface area contributed by atoms with E-state index in [0.717, 1.165) is 5.56 Å². The van der Waals surface area contributed by atoms with Gasteiger partial charge in [0.05, 0.1) is 11.2 Å². The maximum atomic E-state index is 5.78. The molecule has 0 heterocycles. The van der Waals surface area contributed by atoms with Gasteiger partial charge >= 0.3 is 0 Å². The number of halogens is 2. The van der Waals surface area contributed by atoms with Crippen LogP contribution in [-0.2, 0) is 0 Å². The van der Waals surface area contributed by atoms with Gasteiger partial charge in [-0.05, 0) is 12.1 Å². The molecule has 1 aromatic rings. The van der Waals surface area contributed by atoms with E-state index in [1.54, 1.807) is 18.2 Å². The first-order valence-corrected chi connectivity index (χ1v) is 3.68. The molecule has 0 saturated carbocycles. The van der Waals surface area contributed by atoms with Gasteiger partial charge in [-0.2, -0.15) is 5.10 Å². The molecule has 0 spiro atoms. The van der Waals surface area contributed by atoms with Crippen molar-refractivity contribution in [2.24, 2.45) is 10.9 Å². The number of hydrogen-bond acceptors (Lipinski definition) is 2. The van der Waals surface area contributed by atoms with Gasteiger partial charge in [0.2, 0.25) is 0 Å². The van der Waals surface area contributed by atoms with Crippen LogP contribution in [0.2, 0.25) is 10.0 Å². The molecule has 0 aliphatic carbocycles. The van der Waals surface area contributed by atoms with E-state index in [1.807, 2.05) is 0 Å². The van der Waals surface area contributed by atoms with Crippen LogP contribution in [0.5, 0.6) is 0 Å². The Morgan fingerprint density at radius 1 is 1.36 bits per heavy atom. The van der Waals surface area contributed by atoms with Gasteiger partial charge in [0.15, 0.2) is 0 Å². The highest BCUT2D eigenvalue weighted by molar-refractivity contribution is 6.36. The van der Waals surface area contributed by atoms with E-state index in [4.69, 9.17) is 29.0 Å². The van der Waals surface area contributed by atoms with Gasteiger partial charge in [-0.25, -0.2) is 0 Å². The van der Waals surface area contributed by atoms with Crippen LogP contribution in [0, 0.1) is 0 Å². The molecule has 11 heavy (non-hydrogen) atoms. The molecule has 0 amide bonds. The number of hydrazone groups is 1. The fourth-order valence-electron chi connectivity index (χ4n) is 0.687. The van der Waals surface area contributed by atoms with E-state index in [0.29, 0.717) is 10.0 Å². The first kappa shape index (κ1) is 8.37. The quantitative estimate of drug-likeness (QED) is 0.410. The van der Waals surface area contributed by atoms with Gasteiger partial charge in [-0.1, -0.05) is 29.3 Å². The van der Waals surface area contributed by atoms with Crippen LogP contribution in [0.15, 0.2) is 23.3 Å². The monoisotopic (exact) mass is 188 g/mol. The number of nitrogens with zero attached hydrogens (tertiary/aromatic N) is 1. The minimum absolute atomic E-state index is 0.548. The van der Waals surface area contributed by atoms with E-state index in [9.17, 15) is 0 Å². The lowest BCUT2D eigenvalue weighted by molar-refractivity contribution is 1.26. The first-order valence-electron chi connectivity index (χ1n) is 2.92. The number of hydrogen-bond donors (Lipinski definition) is 1. The summed E-state index contributed by atoms with van der Waals surface area (Å²) in [7, 11) is 0. The van der Waals surface area contributed by atoms with Crippen LogP contribution in [0.3, 0.4) is 0 Å². The fraction of sp³-hybridized carbons (Fsp3) is 0. The second-order valence-corrected chi connectivity index (χ2v) is 2.79. The molecule has 0 fully saturated rings. The van der Waals surface area contributed by atoms with Crippen LogP contribution >= 0.6 is 23.2 Å². The van der Waals surface area contributed by atoms with Crippen molar-refractivity contribution in [3.05, 3.63) is 33.8 Å². The highest BCUT2D eigenvalue weighted by Gasteiger charge is 1.96. The minimum atomic E-state index is 0.548. The Bertz CT molecular complexity index is 284. The zero-order valence-corrected chi connectivity index (χ0v) is 7.10. The van der Waals surface area contributed by atoms with Crippen molar-refractivity contribution in [1.29, 1.82) is 0 Å². The van der Waals surface area contributed by atoms with Crippen molar-refractivity contribution < 1.29 is 0 Å². The fourth-order valence-corrected chi connectivity index (χ4v) is 1.14. The van der Waals surface area contributed by atoms with Crippen molar-refractivity contribution in [2.45, 2.75) is 0 Å². The van der Waals surface area contributed by atoms with E-state index in [1.165, 1.54) is 6.21 Å². The predicted molar refractivity (Wildman–Crippen MR) is 48.2 cm³/mol. The van der Waals surface area contributed by atoms with E-state index in [-0.39, 0.29) is 0 Å². The topological polar surface area (TPSA) is 38.4 Å². The third kappa shape index (κ3) is 2.10. The van der Waals surface area contributed by atoms with Gasteiger partial charge in [0.1, 0.15) is 0 Å². The van der Waals surface area contributed by atoms with Crippen molar-refractivity contribution in [3.8, 4) is 0 Å². The molecule has 1 aromatic carbocycles. The number of nitrogens with two attached hydrogens (primary N) is 1. The Morgan fingerprint density at radius 2 is 2.09 bits per heavy atom. The van der Waals surface area contributed by atoms with Gasteiger partial charge in [-0.15, -0.1) is 0 Å². The smallest absolute Gasteiger partial charge is 0.0553 e. The maximum Gasteiger partial charge on any atom is 0.0553 e. The lowest BCUT2D eigenvalue weighted by Crippen LogP contribution is -1.86. The Labute approximate surface area is 74.6 Å². The zero-order chi connectivity index (χ0) is 8.27. The van der Waals surface area contributed by atoms with Gasteiger partial charge in [0.25, 0.3) is 0 Å². The molecule has 0 radical (unpaired) electrons. The molecule has 58 valence electrons. The summed E-state index contributed by atoms with van der Waals surface area (Å²) in [4.78, 5) is 0. The zero-order valence-electron chi connectivity index (χ0n) is 5.59. The molecule has 0 aromatic heterocycles. The van der Waals surface area contributed by atoms with Crippen LogP contribution in [0.4, 0.5) is 0 Å². The predicted octanol–water partition coefficient (Wildman–Crippen LogP) is 2.29. The molecular weight excluding hydrogens is 183 g/mol. The molecule has 0 aliphatic rings. The van der Waals surface area contributed by atoms with Gasteiger partial charge in [-0.3, -0.25) is 0 Å². The molecule has 2 N–H and O–H groups in total. The molecule has 1 rings (SSSR count). The molecule has 4 heteroatoms. The normalized spacial score (nSPS) is 10.7. The largest absolute Gasteiger partial charge is 0.323 e. The SMILES string of the molecule is N/N=C/c1ccc(Cl)cc1Cl. The molecule has 2 nitrogen and oxygen atoms in total. The standard InChI is InChI=1S/C7H6Cl2N2/c8-6-2-1-5(4-11-10)7(9)3-6/h1-4H,10H2/b11-4+. The second kappa shape index (κ2) is 3.60. The summed E-state index contributed by atoms with van der Waals surface area (Å²) in [6, 6.07) is 5.12. The molecule has 0 unspecified atom stereocenters. The van der Waals surface area contributed by atoms with Crippen molar-refractivity contribution >= 4 is 29.4 Å². The Kier molecular flexibility index (Phi) is 2.74. The van der Waals surface area contributed by atoms with E-state index in [2.05, 4.69) is 5.10 Å². The van der Waals surface area contributed by atoms with Crippen molar-refractivity contribution in [3.63, 3.8) is 0 Å². The molecular formula is C7H6Cl2N2. The van der Waals surface area contributed by atoms with Crippen molar-refractivity contribution in [2.75, 3.05) is 0 Å². The third-order valence-corrected chi connectivity index (χ3v) is 1.74. The summed E-state index contributed by atoms with van der Waals surface area (Å²) in [6.45, 7) is 0. The first-order chi connectivity index (χ1) is 5.24. The number of rotatable bonds is 1. The molecule has 0 bridgehead atoms.